The first-order valence-corrected chi connectivity index (χ1v) is 8.82. The van der Waals surface area contributed by atoms with Crippen LogP contribution in [0, 0.1) is 0 Å². The molecule has 0 amide bonds. The fourth-order valence-corrected chi connectivity index (χ4v) is 3.62. The maximum Gasteiger partial charge on any atom is 0.260 e. The van der Waals surface area contributed by atoms with Crippen LogP contribution >= 0.6 is 0 Å². The highest BCUT2D eigenvalue weighted by Crippen LogP contribution is 2.18. The van der Waals surface area contributed by atoms with Crippen LogP contribution in [0.3, 0.4) is 0 Å². The molecular weight excluding hydrogens is 316 g/mol. The van der Waals surface area contributed by atoms with E-state index in [1.807, 2.05) is 30.3 Å². The predicted molar refractivity (Wildman–Crippen MR) is 84.6 cm³/mol. The van der Waals surface area contributed by atoms with Crippen LogP contribution in [0.25, 0.3) is 0 Å². The van der Waals surface area contributed by atoms with E-state index >= 15 is 0 Å². The lowest BCUT2D eigenvalue weighted by Gasteiger charge is -2.25. The summed E-state index contributed by atoms with van der Waals surface area (Å²) in [5.41, 5.74) is 0.996. The number of pyridine rings is 1. The summed E-state index contributed by atoms with van der Waals surface area (Å²) in [6.07, 6.45) is 0. The number of nitrogens with zero attached hydrogens (tertiary/aromatic N) is 2. The zero-order valence-electron chi connectivity index (χ0n) is 12.6. The summed E-state index contributed by atoms with van der Waals surface area (Å²) < 4.78 is 37.3. The third-order valence-corrected chi connectivity index (χ3v) is 5.30. The van der Waals surface area contributed by atoms with Gasteiger partial charge < -0.3 is 9.47 Å². The van der Waals surface area contributed by atoms with Gasteiger partial charge in [-0.2, -0.15) is 4.31 Å². The highest BCUT2D eigenvalue weighted by Gasteiger charge is 2.27. The van der Waals surface area contributed by atoms with E-state index in [0.717, 1.165) is 5.56 Å². The summed E-state index contributed by atoms with van der Waals surface area (Å²) >= 11 is 0. The van der Waals surface area contributed by atoms with Gasteiger partial charge in [-0.1, -0.05) is 36.4 Å². The zero-order valence-corrected chi connectivity index (χ0v) is 13.4. The molecule has 1 aliphatic heterocycles. The number of hydrogen-bond acceptors (Lipinski definition) is 5. The van der Waals surface area contributed by atoms with Gasteiger partial charge in [0.1, 0.15) is 6.61 Å². The van der Waals surface area contributed by atoms with Crippen molar-refractivity contribution in [1.29, 1.82) is 0 Å². The van der Waals surface area contributed by atoms with Crippen molar-refractivity contribution in [2.45, 2.75) is 11.6 Å². The van der Waals surface area contributed by atoms with Crippen LogP contribution in [0.15, 0.2) is 53.6 Å². The number of rotatable bonds is 5. The summed E-state index contributed by atoms with van der Waals surface area (Å²) in [5.74, 6) is 0.295. The number of sulfonamides is 1. The van der Waals surface area contributed by atoms with Crippen LogP contribution in [0.5, 0.6) is 5.88 Å². The van der Waals surface area contributed by atoms with E-state index in [9.17, 15) is 8.42 Å². The first-order valence-electron chi connectivity index (χ1n) is 7.38. The van der Waals surface area contributed by atoms with Gasteiger partial charge in [0.05, 0.1) is 13.2 Å². The summed E-state index contributed by atoms with van der Waals surface area (Å²) in [5, 5.41) is 0.00459. The molecule has 0 atom stereocenters. The molecule has 0 N–H and O–H groups in total. The molecular formula is C16H18N2O4S. The summed E-state index contributed by atoms with van der Waals surface area (Å²) in [4.78, 5) is 4.14. The SMILES string of the molecule is O=S(=O)(c1cccc(OCc2ccccc2)n1)N1CCOCC1. The minimum atomic E-state index is -3.61. The monoisotopic (exact) mass is 334 g/mol. The predicted octanol–water partition coefficient (Wildman–Crippen LogP) is 1.68. The Morgan fingerprint density at radius 2 is 1.78 bits per heavy atom. The van der Waals surface area contributed by atoms with Crippen molar-refractivity contribution in [2.24, 2.45) is 0 Å². The van der Waals surface area contributed by atoms with Crippen LogP contribution in [-0.4, -0.2) is 44.0 Å². The molecule has 122 valence electrons. The molecule has 23 heavy (non-hydrogen) atoms. The molecule has 1 fully saturated rings. The van der Waals surface area contributed by atoms with Gasteiger partial charge in [-0.3, -0.25) is 0 Å². The third kappa shape index (κ3) is 3.87. The van der Waals surface area contributed by atoms with Gasteiger partial charge in [0, 0.05) is 19.2 Å². The normalized spacial score (nSPS) is 16.2. The highest BCUT2D eigenvalue weighted by atomic mass is 32.2. The van der Waals surface area contributed by atoms with Crippen molar-refractivity contribution in [3.63, 3.8) is 0 Å². The second-order valence-electron chi connectivity index (χ2n) is 5.10. The first kappa shape index (κ1) is 15.9. The van der Waals surface area contributed by atoms with Crippen LogP contribution < -0.4 is 4.74 Å². The third-order valence-electron chi connectivity index (χ3n) is 3.50. The molecule has 0 saturated carbocycles. The van der Waals surface area contributed by atoms with Gasteiger partial charge in [-0.15, -0.1) is 0 Å². The lowest BCUT2D eigenvalue weighted by Crippen LogP contribution is -2.40. The number of ether oxygens (including phenoxy) is 2. The van der Waals surface area contributed by atoms with Gasteiger partial charge in [0.25, 0.3) is 10.0 Å². The summed E-state index contributed by atoms with van der Waals surface area (Å²) in [6, 6.07) is 14.4. The van der Waals surface area contributed by atoms with E-state index in [-0.39, 0.29) is 5.03 Å². The zero-order chi connectivity index (χ0) is 16.1. The van der Waals surface area contributed by atoms with Crippen molar-refractivity contribution in [2.75, 3.05) is 26.3 Å². The first-order chi connectivity index (χ1) is 11.2. The maximum absolute atomic E-state index is 12.6. The topological polar surface area (TPSA) is 68.7 Å². The molecule has 0 bridgehead atoms. The second kappa shape index (κ2) is 7.08. The van der Waals surface area contributed by atoms with Crippen molar-refractivity contribution < 1.29 is 17.9 Å². The lowest BCUT2D eigenvalue weighted by atomic mass is 10.2. The molecule has 3 rings (SSSR count). The van der Waals surface area contributed by atoms with Gasteiger partial charge in [0.15, 0.2) is 5.03 Å². The van der Waals surface area contributed by atoms with Gasteiger partial charge >= 0.3 is 0 Å². The molecule has 0 aliphatic carbocycles. The van der Waals surface area contributed by atoms with E-state index < -0.39 is 10.0 Å². The Hall–Kier alpha value is -1.96. The Kier molecular flexibility index (Phi) is 4.90. The smallest absolute Gasteiger partial charge is 0.260 e. The van der Waals surface area contributed by atoms with Crippen molar-refractivity contribution >= 4 is 10.0 Å². The minimum absolute atomic E-state index is 0.00459. The molecule has 1 aromatic carbocycles. The van der Waals surface area contributed by atoms with Crippen molar-refractivity contribution in [1.82, 2.24) is 9.29 Å². The molecule has 1 aliphatic rings. The standard InChI is InChI=1S/C16H18N2O4S/c19-23(20,18-9-11-21-12-10-18)16-8-4-7-15(17-16)22-13-14-5-2-1-3-6-14/h1-8H,9-13H2. The van der Waals surface area contributed by atoms with Crippen LogP contribution in [0.1, 0.15) is 5.56 Å². The Balaban J connectivity index is 1.74. The Morgan fingerprint density at radius 3 is 2.52 bits per heavy atom. The molecule has 2 aromatic rings. The van der Waals surface area contributed by atoms with Crippen molar-refractivity contribution in [3.05, 3.63) is 54.1 Å². The fourth-order valence-electron chi connectivity index (χ4n) is 2.27. The van der Waals surface area contributed by atoms with Gasteiger partial charge in [-0.25, -0.2) is 13.4 Å². The molecule has 0 unspecified atom stereocenters. The Morgan fingerprint density at radius 1 is 1.04 bits per heavy atom. The summed E-state index contributed by atoms with van der Waals surface area (Å²) in [7, 11) is -3.61. The maximum atomic E-state index is 12.6. The molecule has 1 saturated heterocycles. The van der Waals surface area contributed by atoms with E-state index in [2.05, 4.69) is 4.98 Å². The highest BCUT2D eigenvalue weighted by molar-refractivity contribution is 7.89. The van der Waals surface area contributed by atoms with Gasteiger partial charge in [0.2, 0.25) is 5.88 Å². The second-order valence-corrected chi connectivity index (χ2v) is 6.99. The lowest BCUT2D eigenvalue weighted by molar-refractivity contribution is 0.0729. The van der Waals surface area contributed by atoms with E-state index in [4.69, 9.17) is 9.47 Å². The Bertz CT molecular complexity index is 744. The largest absolute Gasteiger partial charge is 0.473 e. The van der Waals surface area contributed by atoms with Gasteiger partial charge in [-0.05, 0) is 11.6 Å². The number of hydrogen-bond donors (Lipinski definition) is 0. The average Bonchev–Trinajstić information content (AvgIpc) is 2.62. The molecule has 0 spiro atoms. The molecule has 0 radical (unpaired) electrons. The average molecular weight is 334 g/mol. The molecule has 2 heterocycles. The van der Waals surface area contributed by atoms with E-state index in [1.165, 1.54) is 10.4 Å². The molecule has 1 aromatic heterocycles. The molecule has 7 heteroatoms. The fraction of sp³-hybridized carbons (Fsp3) is 0.312. The molecule has 6 nitrogen and oxygen atoms in total. The number of benzene rings is 1. The van der Waals surface area contributed by atoms with Crippen LogP contribution in [0.2, 0.25) is 0 Å². The quantitative estimate of drug-likeness (QED) is 0.832. The van der Waals surface area contributed by atoms with E-state index in [0.29, 0.717) is 38.8 Å². The Labute approximate surface area is 135 Å². The van der Waals surface area contributed by atoms with E-state index in [1.54, 1.807) is 12.1 Å². The summed E-state index contributed by atoms with van der Waals surface area (Å²) in [6.45, 7) is 1.85. The minimum Gasteiger partial charge on any atom is -0.473 e. The van der Waals surface area contributed by atoms with Crippen LogP contribution in [0.4, 0.5) is 0 Å². The number of morpholine rings is 1. The van der Waals surface area contributed by atoms with Crippen molar-refractivity contribution in [3.8, 4) is 5.88 Å². The van der Waals surface area contributed by atoms with Crippen LogP contribution in [-0.2, 0) is 21.4 Å². The number of aromatic nitrogens is 1.